The number of aliphatic hydroxyl groups excluding tert-OH is 1. The van der Waals surface area contributed by atoms with Gasteiger partial charge in [0.05, 0.1) is 39.9 Å². The van der Waals surface area contributed by atoms with Crippen molar-refractivity contribution in [1.82, 2.24) is 5.32 Å². The van der Waals surface area contributed by atoms with Gasteiger partial charge in [0.1, 0.15) is 13.2 Å². The molecule has 0 bridgehead atoms. The molecule has 9 heteroatoms. The van der Waals surface area contributed by atoms with Crippen LogP contribution in [0.1, 0.15) is 264 Å². The number of hydrogen-bond donors (Lipinski definition) is 2. The van der Waals surface area contributed by atoms with Crippen molar-refractivity contribution in [3.63, 3.8) is 0 Å². The topological polar surface area (TPSA) is 108 Å². The number of carbonyl (C=O) groups is 1. The Labute approximate surface area is 452 Å². The number of phosphoric ester groups is 1. The molecule has 424 valence electrons. The first kappa shape index (κ1) is 70.7. The lowest BCUT2D eigenvalue weighted by molar-refractivity contribution is -0.870. The highest BCUT2D eigenvalue weighted by atomic mass is 31.2. The van der Waals surface area contributed by atoms with E-state index >= 15 is 0 Å². The van der Waals surface area contributed by atoms with Gasteiger partial charge in [-0.3, -0.25) is 9.36 Å². The molecule has 0 aliphatic rings. The average Bonchev–Trinajstić information content (AvgIpc) is 3.35. The van der Waals surface area contributed by atoms with Crippen molar-refractivity contribution in [2.24, 2.45) is 0 Å². The van der Waals surface area contributed by atoms with E-state index in [9.17, 15) is 19.4 Å². The zero-order chi connectivity index (χ0) is 53.5. The molecule has 0 radical (unpaired) electrons. The SMILES string of the molecule is CC/C=C\C/C=C\C/C=C\C/C=C\CCCCCCCCCCCCCCCCCCCCCCCCCCC(=O)NC(COP(=O)([O-])OCC[N+](C)(C)C)C(O)/C=C/CC/C=C/CC/C=C/CCCCCC. The van der Waals surface area contributed by atoms with Crippen molar-refractivity contribution in [3.05, 3.63) is 85.1 Å². The zero-order valence-corrected chi connectivity index (χ0v) is 49.2. The Morgan fingerprint density at radius 2 is 0.849 bits per heavy atom. The van der Waals surface area contributed by atoms with E-state index in [1.807, 2.05) is 27.2 Å². The number of allylic oxidation sites excluding steroid dienone is 13. The summed E-state index contributed by atoms with van der Waals surface area (Å²) in [5.41, 5.74) is 0. The molecule has 0 aromatic heterocycles. The Morgan fingerprint density at radius 3 is 1.27 bits per heavy atom. The van der Waals surface area contributed by atoms with E-state index in [0.717, 1.165) is 77.0 Å². The van der Waals surface area contributed by atoms with Crippen LogP contribution < -0.4 is 10.2 Å². The number of carbonyl (C=O) groups excluding carboxylic acids is 1. The summed E-state index contributed by atoms with van der Waals surface area (Å²) in [4.78, 5) is 25.5. The highest BCUT2D eigenvalue weighted by Crippen LogP contribution is 2.38. The molecular weight excluding hydrogens is 924 g/mol. The standard InChI is InChI=1S/C64H117N2O6P/c1-6-8-10-12-14-16-18-20-22-23-24-25-26-27-28-29-30-31-32-33-34-35-36-37-38-39-40-41-42-43-44-46-48-50-52-54-56-58-64(68)65-62(61-72-73(69,70)71-60-59-66(3,4)5)63(67)57-55-53-51-49-47-45-21-19-17-15-13-11-9-7-2/h8,10,14,16-17,19-20,22,24-25,47,49,55,57,62-63,67H,6-7,9,11-13,15,18,21,23,26-46,48,50-54,56,58-61H2,1-5H3,(H-,65,68,69,70)/b10-8-,16-14-,19-17+,22-20-,25-24-,49-47+,57-55+. The van der Waals surface area contributed by atoms with Gasteiger partial charge in [0.25, 0.3) is 7.82 Å². The van der Waals surface area contributed by atoms with Gasteiger partial charge in [-0.05, 0) is 83.5 Å². The fraction of sp³-hybridized carbons (Fsp3) is 0.766. The van der Waals surface area contributed by atoms with Crippen LogP contribution in [0.4, 0.5) is 0 Å². The summed E-state index contributed by atoms with van der Waals surface area (Å²) in [5, 5.41) is 13.8. The van der Waals surface area contributed by atoms with Gasteiger partial charge in [0.15, 0.2) is 0 Å². The molecule has 73 heavy (non-hydrogen) atoms. The quantitative estimate of drug-likeness (QED) is 0.0272. The molecule has 0 rings (SSSR count). The van der Waals surface area contributed by atoms with Crippen LogP contribution in [-0.2, 0) is 18.4 Å². The number of phosphoric acid groups is 1. The second kappa shape index (κ2) is 54.5. The Kier molecular flexibility index (Phi) is 52.7. The molecule has 0 aromatic carbocycles. The largest absolute Gasteiger partial charge is 0.756 e. The number of likely N-dealkylation sites (N-methyl/N-ethyl adjacent to an activating group) is 1. The molecule has 0 spiro atoms. The summed E-state index contributed by atoms with van der Waals surface area (Å²) in [5.74, 6) is -0.210. The van der Waals surface area contributed by atoms with Crippen LogP contribution in [0.5, 0.6) is 0 Å². The minimum absolute atomic E-state index is 0.0101. The van der Waals surface area contributed by atoms with E-state index in [-0.39, 0.29) is 12.5 Å². The van der Waals surface area contributed by atoms with Crippen LogP contribution in [0.2, 0.25) is 0 Å². The van der Waals surface area contributed by atoms with Crippen LogP contribution in [-0.4, -0.2) is 68.5 Å². The number of rotatable bonds is 55. The molecule has 0 aromatic rings. The Bertz CT molecular complexity index is 1460. The number of hydrogen-bond acceptors (Lipinski definition) is 6. The number of amides is 1. The van der Waals surface area contributed by atoms with Crippen molar-refractivity contribution in [3.8, 4) is 0 Å². The molecule has 0 fully saturated rings. The second-order valence-corrected chi connectivity index (χ2v) is 23.1. The first-order valence-electron chi connectivity index (χ1n) is 30.4. The maximum atomic E-state index is 13.0. The summed E-state index contributed by atoms with van der Waals surface area (Å²) in [6.45, 7) is 4.49. The maximum Gasteiger partial charge on any atom is 0.268 e. The molecule has 0 aliphatic heterocycles. The number of nitrogens with zero attached hydrogens (tertiary/aromatic N) is 1. The van der Waals surface area contributed by atoms with Gasteiger partial charge in [-0.1, -0.05) is 259 Å². The third-order valence-corrected chi connectivity index (χ3v) is 14.3. The third kappa shape index (κ3) is 57.2. The minimum atomic E-state index is -4.61. The Morgan fingerprint density at radius 1 is 0.493 bits per heavy atom. The first-order chi connectivity index (χ1) is 35.5. The molecule has 3 unspecified atom stereocenters. The normalized spacial score (nSPS) is 14.5. The molecular formula is C64H117N2O6P. The predicted octanol–water partition coefficient (Wildman–Crippen LogP) is 18.2. The molecule has 0 heterocycles. The molecule has 8 nitrogen and oxygen atoms in total. The number of nitrogens with one attached hydrogen (secondary N) is 1. The molecule has 0 aliphatic carbocycles. The van der Waals surface area contributed by atoms with Gasteiger partial charge < -0.3 is 28.8 Å². The van der Waals surface area contributed by atoms with Crippen LogP contribution in [0.15, 0.2) is 85.1 Å². The fourth-order valence-electron chi connectivity index (χ4n) is 8.59. The molecule has 0 saturated heterocycles. The lowest BCUT2D eigenvalue weighted by Gasteiger charge is -2.29. The van der Waals surface area contributed by atoms with Gasteiger partial charge in [0.2, 0.25) is 5.91 Å². The van der Waals surface area contributed by atoms with Gasteiger partial charge in [-0.25, -0.2) is 0 Å². The molecule has 1 amide bonds. The van der Waals surface area contributed by atoms with Crippen LogP contribution in [0, 0.1) is 0 Å². The third-order valence-electron chi connectivity index (χ3n) is 13.3. The minimum Gasteiger partial charge on any atom is -0.756 e. The predicted molar refractivity (Wildman–Crippen MR) is 316 cm³/mol. The van der Waals surface area contributed by atoms with Gasteiger partial charge in [0, 0.05) is 6.42 Å². The van der Waals surface area contributed by atoms with Gasteiger partial charge in [-0.2, -0.15) is 0 Å². The van der Waals surface area contributed by atoms with Crippen molar-refractivity contribution >= 4 is 13.7 Å². The van der Waals surface area contributed by atoms with Crippen LogP contribution in [0.25, 0.3) is 0 Å². The summed E-state index contributed by atoms with van der Waals surface area (Å²) in [6.07, 6.45) is 77.0. The summed E-state index contributed by atoms with van der Waals surface area (Å²) < 4.78 is 23.3. The summed E-state index contributed by atoms with van der Waals surface area (Å²) >= 11 is 0. The van der Waals surface area contributed by atoms with Crippen LogP contribution >= 0.6 is 7.82 Å². The smallest absolute Gasteiger partial charge is 0.268 e. The average molecular weight is 1040 g/mol. The lowest BCUT2D eigenvalue weighted by atomic mass is 10.0. The van der Waals surface area contributed by atoms with E-state index in [2.05, 4.69) is 92.1 Å². The monoisotopic (exact) mass is 1040 g/mol. The van der Waals surface area contributed by atoms with Crippen LogP contribution in [0.3, 0.4) is 0 Å². The maximum absolute atomic E-state index is 13.0. The molecule has 2 N–H and O–H groups in total. The first-order valence-corrected chi connectivity index (χ1v) is 31.9. The van der Waals surface area contributed by atoms with Gasteiger partial charge in [-0.15, -0.1) is 0 Å². The van der Waals surface area contributed by atoms with E-state index in [4.69, 9.17) is 9.05 Å². The van der Waals surface area contributed by atoms with E-state index in [1.165, 1.54) is 167 Å². The van der Waals surface area contributed by atoms with E-state index < -0.39 is 26.6 Å². The summed E-state index contributed by atoms with van der Waals surface area (Å²) in [7, 11) is 1.24. The number of quaternary nitrogens is 1. The lowest BCUT2D eigenvalue weighted by Crippen LogP contribution is -2.45. The number of aliphatic hydroxyl groups is 1. The molecule has 3 atom stereocenters. The highest BCUT2D eigenvalue weighted by Gasteiger charge is 2.23. The van der Waals surface area contributed by atoms with Crippen molar-refractivity contribution in [1.29, 1.82) is 0 Å². The fourth-order valence-corrected chi connectivity index (χ4v) is 9.31. The van der Waals surface area contributed by atoms with E-state index in [1.54, 1.807) is 6.08 Å². The second-order valence-electron chi connectivity index (χ2n) is 21.7. The zero-order valence-electron chi connectivity index (χ0n) is 48.3. The van der Waals surface area contributed by atoms with Gasteiger partial charge >= 0.3 is 0 Å². The van der Waals surface area contributed by atoms with E-state index in [0.29, 0.717) is 17.4 Å². The highest BCUT2D eigenvalue weighted by molar-refractivity contribution is 7.45. The number of unbranched alkanes of at least 4 members (excludes halogenated alkanes) is 30. The van der Waals surface area contributed by atoms with Crippen molar-refractivity contribution in [2.45, 2.75) is 276 Å². The Balaban J connectivity index is 3.97. The van der Waals surface area contributed by atoms with Crippen molar-refractivity contribution < 1.29 is 32.9 Å². The summed E-state index contributed by atoms with van der Waals surface area (Å²) in [6, 6.07) is -0.911. The molecule has 0 saturated carbocycles. The van der Waals surface area contributed by atoms with Crippen molar-refractivity contribution in [2.75, 3.05) is 40.9 Å². The Hall–Kier alpha value is -2.32.